The van der Waals surface area contributed by atoms with E-state index in [2.05, 4.69) is 0 Å². The summed E-state index contributed by atoms with van der Waals surface area (Å²) >= 11 is 5.72. The van der Waals surface area contributed by atoms with Crippen LogP contribution in [0, 0.1) is 5.92 Å². The number of fused-ring (bicyclic) bond motifs is 1. The molecule has 2 N–H and O–H groups in total. The van der Waals surface area contributed by atoms with Crippen LogP contribution in [0.4, 0.5) is 0 Å². The summed E-state index contributed by atoms with van der Waals surface area (Å²) in [6, 6.07) is 0. The minimum absolute atomic E-state index is 0.236. The monoisotopic (exact) mass is 170 g/mol. The molecule has 0 aromatic heterocycles. The molecule has 0 heterocycles. The highest BCUT2D eigenvalue weighted by Crippen LogP contribution is 2.64. The Morgan fingerprint density at radius 1 is 1.64 bits per heavy atom. The molecule has 2 nitrogen and oxygen atoms in total. The molecule has 2 rings (SSSR count). The van der Waals surface area contributed by atoms with Gasteiger partial charge in [-0.3, -0.25) is 0 Å². The van der Waals surface area contributed by atoms with Crippen molar-refractivity contribution in [1.29, 1.82) is 0 Å². The van der Waals surface area contributed by atoms with Crippen LogP contribution in [0.15, 0.2) is 23.3 Å². The van der Waals surface area contributed by atoms with E-state index < -0.39 is 12.4 Å². The zero-order valence-corrected chi connectivity index (χ0v) is 6.62. The average molecular weight is 170 g/mol. The van der Waals surface area contributed by atoms with Crippen LogP contribution in [-0.2, 0) is 0 Å². The van der Waals surface area contributed by atoms with Gasteiger partial charge < -0.3 is 10.0 Å². The lowest BCUT2D eigenvalue weighted by molar-refractivity contribution is 0.388. The van der Waals surface area contributed by atoms with Crippen LogP contribution in [0.25, 0.3) is 0 Å². The Morgan fingerprint density at radius 2 is 2.36 bits per heavy atom. The molecule has 0 aromatic carbocycles. The lowest BCUT2D eigenvalue weighted by atomic mass is 9.66. The molecule has 2 aliphatic carbocycles. The predicted octanol–water partition coefficient (Wildman–Crippen LogP) is 0.912. The third kappa shape index (κ3) is 0.957. The maximum absolute atomic E-state index is 9.00. The zero-order valence-electron chi connectivity index (χ0n) is 5.87. The Balaban J connectivity index is 2.23. The van der Waals surface area contributed by atoms with Crippen molar-refractivity contribution in [3.63, 3.8) is 0 Å². The van der Waals surface area contributed by atoms with Crippen molar-refractivity contribution in [1.82, 2.24) is 0 Å². The fourth-order valence-electron chi connectivity index (χ4n) is 1.59. The Bertz CT molecular complexity index is 249. The molecule has 4 heteroatoms. The number of rotatable bonds is 1. The van der Waals surface area contributed by atoms with Crippen molar-refractivity contribution in [2.45, 2.75) is 11.7 Å². The molecule has 2 atom stereocenters. The smallest absolute Gasteiger partial charge is 0.426 e. The van der Waals surface area contributed by atoms with Crippen LogP contribution in [0.1, 0.15) is 6.42 Å². The van der Waals surface area contributed by atoms with Crippen LogP contribution < -0.4 is 0 Å². The molecule has 11 heavy (non-hydrogen) atoms. The van der Waals surface area contributed by atoms with Crippen LogP contribution in [0.5, 0.6) is 0 Å². The molecule has 0 aromatic rings. The van der Waals surface area contributed by atoms with E-state index in [0.29, 0.717) is 5.03 Å². The Labute approximate surface area is 70.3 Å². The summed E-state index contributed by atoms with van der Waals surface area (Å²) in [5, 5.41) is 18.3. The molecule has 0 aliphatic heterocycles. The van der Waals surface area contributed by atoms with Crippen LogP contribution in [0.2, 0.25) is 5.31 Å². The van der Waals surface area contributed by atoms with Crippen molar-refractivity contribution in [2.75, 3.05) is 0 Å². The molecular formula is C7H8BClO2. The quantitative estimate of drug-likeness (QED) is 0.574. The fraction of sp³-hybridized carbons (Fsp3) is 0.429. The summed E-state index contributed by atoms with van der Waals surface area (Å²) in [6.07, 6.45) is 6.20. The number of hydrogen-bond donors (Lipinski definition) is 2. The molecule has 1 saturated carbocycles. The molecule has 58 valence electrons. The van der Waals surface area contributed by atoms with E-state index in [1.807, 2.05) is 6.08 Å². The molecular weight excluding hydrogens is 162 g/mol. The highest BCUT2D eigenvalue weighted by Gasteiger charge is 2.59. The molecule has 1 fully saturated rings. The van der Waals surface area contributed by atoms with Gasteiger partial charge in [-0.2, -0.15) is 0 Å². The lowest BCUT2D eigenvalue weighted by Gasteiger charge is -2.12. The van der Waals surface area contributed by atoms with Gasteiger partial charge in [-0.15, -0.1) is 0 Å². The van der Waals surface area contributed by atoms with E-state index >= 15 is 0 Å². The van der Waals surface area contributed by atoms with Gasteiger partial charge in [0.1, 0.15) is 0 Å². The van der Waals surface area contributed by atoms with Crippen molar-refractivity contribution in [3.05, 3.63) is 23.3 Å². The first-order valence-corrected chi connectivity index (χ1v) is 3.96. The number of halogens is 1. The van der Waals surface area contributed by atoms with Gasteiger partial charge in [0.05, 0.1) is 0 Å². The molecule has 0 amide bonds. The molecule has 0 saturated heterocycles. The molecule has 0 radical (unpaired) electrons. The summed E-state index contributed by atoms with van der Waals surface area (Å²) in [7, 11) is -1.25. The highest BCUT2D eigenvalue weighted by atomic mass is 35.5. The first-order valence-electron chi connectivity index (χ1n) is 3.58. The van der Waals surface area contributed by atoms with Crippen LogP contribution in [0.3, 0.4) is 0 Å². The molecule has 0 unspecified atom stereocenters. The van der Waals surface area contributed by atoms with E-state index in [0.717, 1.165) is 6.42 Å². The summed E-state index contributed by atoms with van der Waals surface area (Å²) in [5.74, 6) is 0.236. The topological polar surface area (TPSA) is 40.5 Å². The maximum atomic E-state index is 9.00. The average Bonchev–Trinajstić information content (AvgIpc) is 2.62. The number of hydrogen-bond acceptors (Lipinski definition) is 2. The van der Waals surface area contributed by atoms with Crippen molar-refractivity contribution < 1.29 is 10.0 Å². The molecule has 0 spiro atoms. The van der Waals surface area contributed by atoms with Gasteiger partial charge in [0.25, 0.3) is 0 Å². The lowest BCUT2D eigenvalue weighted by Crippen LogP contribution is -2.22. The first kappa shape index (κ1) is 7.41. The highest BCUT2D eigenvalue weighted by molar-refractivity contribution is 6.48. The van der Waals surface area contributed by atoms with E-state index in [9.17, 15) is 0 Å². The maximum Gasteiger partial charge on any atom is 0.462 e. The minimum Gasteiger partial charge on any atom is -0.426 e. The third-order valence-electron chi connectivity index (χ3n) is 2.50. The van der Waals surface area contributed by atoms with Gasteiger partial charge in [-0.1, -0.05) is 23.8 Å². The van der Waals surface area contributed by atoms with E-state index in [4.69, 9.17) is 21.6 Å². The van der Waals surface area contributed by atoms with E-state index in [1.165, 1.54) is 0 Å². The second kappa shape index (κ2) is 2.13. The normalized spacial score (nSPS) is 39.5. The SMILES string of the molecule is OB(O)[C@]12C=CC(Cl)=C[C@@H]1C2. The van der Waals surface area contributed by atoms with Crippen molar-refractivity contribution >= 4 is 18.7 Å². The van der Waals surface area contributed by atoms with Gasteiger partial charge in [-0.25, -0.2) is 0 Å². The standard InChI is InChI=1S/C7H8BClO2/c9-6-1-2-7(8(10)11)4-5(7)3-6/h1-3,5,10-11H,4H2/t5-,7+/m1/s1. The second-order valence-corrected chi connectivity index (χ2v) is 3.62. The van der Waals surface area contributed by atoms with Gasteiger partial charge in [-0.05, 0) is 18.4 Å². The van der Waals surface area contributed by atoms with Crippen LogP contribution >= 0.6 is 11.6 Å². The Kier molecular flexibility index (Phi) is 1.43. The predicted molar refractivity (Wildman–Crippen MR) is 44.1 cm³/mol. The Hall–Kier alpha value is -0.245. The van der Waals surface area contributed by atoms with Gasteiger partial charge >= 0.3 is 7.12 Å². The first-order chi connectivity index (χ1) is 5.15. The summed E-state index contributed by atoms with van der Waals surface area (Å²) in [6.45, 7) is 0. The Morgan fingerprint density at radius 3 is 2.91 bits per heavy atom. The third-order valence-corrected chi connectivity index (χ3v) is 2.75. The van der Waals surface area contributed by atoms with Gasteiger partial charge in [0, 0.05) is 10.3 Å². The fourth-order valence-corrected chi connectivity index (χ4v) is 1.81. The largest absolute Gasteiger partial charge is 0.462 e. The molecule has 0 bridgehead atoms. The second-order valence-electron chi connectivity index (χ2n) is 3.18. The molecule has 2 aliphatic rings. The van der Waals surface area contributed by atoms with Gasteiger partial charge in [0.15, 0.2) is 0 Å². The minimum atomic E-state index is -1.25. The van der Waals surface area contributed by atoms with Crippen LogP contribution in [-0.4, -0.2) is 17.2 Å². The van der Waals surface area contributed by atoms with Gasteiger partial charge in [0.2, 0.25) is 0 Å². The number of allylic oxidation sites excluding steroid dienone is 4. The zero-order chi connectivity index (χ0) is 8.06. The summed E-state index contributed by atoms with van der Waals surface area (Å²) in [4.78, 5) is 0. The van der Waals surface area contributed by atoms with E-state index in [-0.39, 0.29) is 5.92 Å². The summed E-state index contributed by atoms with van der Waals surface area (Å²) < 4.78 is 0. The van der Waals surface area contributed by atoms with Crippen molar-refractivity contribution in [3.8, 4) is 0 Å². The van der Waals surface area contributed by atoms with Crippen molar-refractivity contribution in [2.24, 2.45) is 5.92 Å². The van der Waals surface area contributed by atoms with E-state index in [1.54, 1.807) is 12.2 Å². The summed E-state index contributed by atoms with van der Waals surface area (Å²) in [5.41, 5.74) is 0.